The summed E-state index contributed by atoms with van der Waals surface area (Å²) < 4.78 is 92.1. The number of hydrogen-bond donors (Lipinski definition) is 0. The standard InChI is InChI=1S/C29H14F6O4/c1-13-10-16(39-29(37)19-7-9-23(31)27(35)25(19)33)12-21-17(13)5-3-14-2-4-15(11-20(14)21)38-28(36)18-6-8-22(30)26(34)24(18)32/h2-12H,1H3. The third-order valence-electron chi connectivity index (χ3n) is 6.04. The Hall–Kier alpha value is -4.86. The summed E-state index contributed by atoms with van der Waals surface area (Å²) in [6.07, 6.45) is 0. The van der Waals surface area contributed by atoms with Gasteiger partial charge >= 0.3 is 11.9 Å². The molecule has 0 N–H and O–H groups in total. The Morgan fingerprint density at radius 3 is 1.64 bits per heavy atom. The maximum atomic E-state index is 14.1. The summed E-state index contributed by atoms with van der Waals surface area (Å²) in [6.45, 7) is 1.71. The van der Waals surface area contributed by atoms with Crippen LogP contribution < -0.4 is 9.47 Å². The molecule has 0 aliphatic rings. The quantitative estimate of drug-likeness (QED) is 0.0776. The lowest BCUT2D eigenvalue weighted by molar-refractivity contribution is 0.0718. The van der Waals surface area contributed by atoms with Crippen molar-refractivity contribution in [3.05, 3.63) is 118 Å². The summed E-state index contributed by atoms with van der Waals surface area (Å²) >= 11 is 0. The van der Waals surface area contributed by atoms with Gasteiger partial charge in [-0.05, 0) is 82.6 Å². The van der Waals surface area contributed by atoms with Crippen molar-refractivity contribution in [1.82, 2.24) is 0 Å². The average Bonchev–Trinajstić information content (AvgIpc) is 2.90. The molecule has 0 saturated heterocycles. The second-order valence-corrected chi connectivity index (χ2v) is 8.51. The Bertz CT molecular complexity index is 1830. The van der Waals surface area contributed by atoms with E-state index in [2.05, 4.69) is 0 Å². The third-order valence-corrected chi connectivity index (χ3v) is 6.04. The van der Waals surface area contributed by atoms with Crippen molar-refractivity contribution in [2.45, 2.75) is 6.92 Å². The highest BCUT2D eigenvalue weighted by Crippen LogP contribution is 2.34. The van der Waals surface area contributed by atoms with E-state index in [4.69, 9.17) is 9.47 Å². The van der Waals surface area contributed by atoms with Gasteiger partial charge in [0.05, 0.1) is 11.1 Å². The third kappa shape index (κ3) is 4.65. The molecule has 0 heterocycles. The van der Waals surface area contributed by atoms with E-state index in [-0.39, 0.29) is 11.5 Å². The molecule has 0 bridgehead atoms. The van der Waals surface area contributed by atoms with Crippen molar-refractivity contribution in [3.63, 3.8) is 0 Å². The van der Waals surface area contributed by atoms with E-state index < -0.39 is 58.0 Å². The highest BCUT2D eigenvalue weighted by atomic mass is 19.2. The summed E-state index contributed by atoms with van der Waals surface area (Å²) in [5.74, 6) is -12.5. The first kappa shape index (κ1) is 25.8. The molecule has 39 heavy (non-hydrogen) atoms. The molecule has 5 rings (SSSR count). The Balaban J connectivity index is 1.52. The maximum absolute atomic E-state index is 14.1. The molecule has 0 saturated carbocycles. The van der Waals surface area contributed by atoms with Crippen molar-refractivity contribution >= 4 is 33.5 Å². The highest BCUT2D eigenvalue weighted by molar-refractivity contribution is 6.10. The molecule has 0 aliphatic heterocycles. The van der Waals surface area contributed by atoms with Crippen LogP contribution in [0, 0.1) is 41.8 Å². The number of hydrogen-bond acceptors (Lipinski definition) is 4. The number of halogens is 6. The van der Waals surface area contributed by atoms with Gasteiger partial charge in [-0.25, -0.2) is 35.9 Å². The van der Waals surface area contributed by atoms with Gasteiger partial charge in [-0.3, -0.25) is 0 Å². The van der Waals surface area contributed by atoms with Gasteiger partial charge in [0.15, 0.2) is 34.9 Å². The summed E-state index contributed by atoms with van der Waals surface area (Å²) in [7, 11) is 0. The number of rotatable bonds is 4. The van der Waals surface area contributed by atoms with Crippen molar-refractivity contribution in [3.8, 4) is 11.5 Å². The summed E-state index contributed by atoms with van der Waals surface area (Å²) in [4.78, 5) is 24.9. The van der Waals surface area contributed by atoms with Crippen LogP contribution in [-0.2, 0) is 0 Å². The Labute approximate surface area is 216 Å². The smallest absolute Gasteiger partial charge is 0.346 e. The van der Waals surface area contributed by atoms with E-state index in [1.807, 2.05) is 0 Å². The van der Waals surface area contributed by atoms with Crippen LogP contribution >= 0.6 is 0 Å². The van der Waals surface area contributed by atoms with Crippen LogP contribution in [0.3, 0.4) is 0 Å². The largest absolute Gasteiger partial charge is 0.423 e. The van der Waals surface area contributed by atoms with Gasteiger partial charge in [0.2, 0.25) is 0 Å². The first-order valence-corrected chi connectivity index (χ1v) is 11.2. The molecule has 0 atom stereocenters. The number of esters is 2. The van der Waals surface area contributed by atoms with E-state index in [9.17, 15) is 35.9 Å². The van der Waals surface area contributed by atoms with Crippen molar-refractivity contribution in [2.24, 2.45) is 0 Å². The number of carbonyl (C=O) groups excluding carboxylic acids is 2. The van der Waals surface area contributed by atoms with Crippen LogP contribution in [0.4, 0.5) is 26.3 Å². The lowest BCUT2D eigenvalue weighted by Crippen LogP contribution is -2.12. The maximum Gasteiger partial charge on any atom is 0.346 e. The molecule has 4 nitrogen and oxygen atoms in total. The number of carbonyl (C=O) groups is 2. The fourth-order valence-electron chi connectivity index (χ4n) is 4.11. The Kier molecular flexibility index (Phi) is 6.47. The van der Waals surface area contributed by atoms with Crippen molar-refractivity contribution in [1.29, 1.82) is 0 Å². The van der Waals surface area contributed by atoms with Gasteiger partial charge in [0, 0.05) is 0 Å². The summed E-state index contributed by atoms with van der Waals surface area (Å²) in [5.41, 5.74) is -0.973. The van der Waals surface area contributed by atoms with Crippen LogP contribution in [0.15, 0.2) is 66.7 Å². The number of benzene rings is 5. The predicted molar refractivity (Wildman–Crippen MR) is 129 cm³/mol. The zero-order chi connectivity index (χ0) is 28.0. The van der Waals surface area contributed by atoms with Crippen LogP contribution in [0.5, 0.6) is 11.5 Å². The second-order valence-electron chi connectivity index (χ2n) is 8.51. The molecular weight excluding hydrogens is 526 g/mol. The monoisotopic (exact) mass is 540 g/mol. The summed E-state index contributed by atoms with van der Waals surface area (Å²) in [5, 5.41) is 2.38. The minimum atomic E-state index is -1.81. The highest BCUT2D eigenvalue weighted by Gasteiger charge is 2.22. The number of ether oxygens (including phenoxy) is 2. The fraction of sp³-hybridized carbons (Fsp3) is 0.0345. The predicted octanol–water partition coefficient (Wildman–Crippen LogP) is 7.57. The SMILES string of the molecule is Cc1cc(OC(=O)c2ccc(F)c(F)c2F)cc2c1ccc1ccc(OC(=O)c3ccc(F)c(F)c3F)cc12. The van der Waals surface area contributed by atoms with E-state index in [0.29, 0.717) is 39.2 Å². The first-order valence-electron chi connectivity index (χ1n) is 11.2. The van der Waals surface area contributed by atoms with Crippen LogP contribution in [-0.4, -0.2) is 11.9 Å². The first-order chi connectivity index (χ1) is 18.5. The van der Waals surface area contributed by atoms with E-state index in [1.54, 1.807) is 25.1 Å². The van der Waals surface area contributed by atoms with Crippen molar-refractivity contribution in [2.75, 3.05) is 0 Å². The van der Waals surface area contributed by atoms with Crippen LogP contribution in [0.2, 0.25) is 0 Å². The molecule has 0 aliphatic carbocycles. The fourth-order valence-corrected chi connectivity index (χ4v) is 4.11. The molecule has 0 radical (unpaired) electrons. The number of fused-ring (bicyclic) bond motifs is 3. The normalized spacial score (nSPS) is 11.2. The van der Waals surface area contributed by atoms with Crippen LogP contribution in [0.1, 0.15) is 26.3 Å². The second kappa shape index (κ2) is 9.79. The molecule has 0 spiro atoms. The minimum Gasteiger partial charge on any atom is -0.423 e. The Morgan fingerprint density at radius 2 is 1.05 bits per heavy atom. The van der Waals surface area contributed by atoms with E-state index in [0.717, 1.165) is 12.1 Å². The molecule has 0 aromatic heterocycles. The van der Waals surface area contributed by atoms with Gasteiger partial charge in [-0.2, -0.15) is 0 Å². The zero-order valence-corrected chi connectivity index (χ0v) is 19.8. The van der Waals surface area contributed by atoms with E-state index in [1.165, 1.54) is 24.3 Å². The van der Waals surface area contributed by atoms with Gasteiger partial charge in [-0.15, -0.1) is 0 Å². The minimum absolute atomic E-state index is 0.0344. The molecule has 5 aromatic rings. The zero-order valence-electron chi connectivity index (χ0n) is 19.8. The molecule has 196 valence electrons. The molecular formula is C29H14F6O4. The van der Waals surface area contributed by atoms with Gasteiger partial charge in [0.1, 0.15) is 11.5 Å². The molecule has 0 fully saturated rings. The summed E-state index contributed by atoms with van der Waals surface area (Å²) in [6, 6.07) is 13.6. The van der Waals surface area contributed by atoms with Crippen molar-refractivity contribution < 1.29 is 45.4 Å². The molecule has 5 aromatic carbocycles. The topological polar surface area (TPSA) is 52.6 Å². The number of aryl methyl sites for hydroxylation is 1. The van der Waals surface area contributed by atoms with Gasteiger partial charge in [-0.1, -0.05) is 18.2 Å². The van der Waals surface area contributed by atoms with Crippen LogP contribution in [0.25, 0.3) is 21.5 Å². The lowest BCUT2D eigenvalue weighted by atomic mass is 9.98. The Morgan fingerprint density at radius 1 is 0.538 bits per heavy atom. The van der Waals surface area contributed by atoms with Gasteiger partial charge < -0.3 is 9.47 Å². The van der Waals surface area contributed by atoms with Gasteiger partial charge in [0.25, 0.3) is 0 Å². The average molecular weight is 540 g/mol. The molecule has 10 heteroatoms. The lowest BCUT2D eigenvalue weighted by Gasteiger charge is -2.12. The van der Waals surface area contributed by atoms with E-state index >= 15 is 0 Å². The molecule has 0 unspecified atom stereocenters. The molecule has 0 amide bonds.